The van der Waals surface area contributed by atoms with Crippen LogP contribution in [0.1, 0.15) is 0 Å². The first-order chi connectivity index (χ1) is 6.72. The Morgan fingerprint density at radius 2 is 1.86 bits per heavy atom. The first-order valence-electron chi connectivity index (χ1n) is 4.17. The van der Waals surface area contributed by atoms with Crippen LogP contribution in [0.2, 0.25) is 0 Å². The van der Waals surface area contributed by atoms with Crippen molar-refractivity contribution >= 4 is 27.8 Å². The predicted molar refractivity (Wildman–Crippen MR) is 59.0 cm³/mol. The molecule has 0 bridgehead atoms. The minimum atomic E-state index is 0.577. The molecule has 14 heavy (non-hydrogen) atoms. The van der Waals surface area contributed by atoms with Crippen molar-refractivity contribution in [2.75, 3.05) is 11.5 Å². The highest BCUT2D eigenvalue weighted by molar-refractivity contribution is 5.99. The van der Waals surface area contributed by atoms with Crippen LogP contribution in [0.15, 0.2) is 30.3 Å². The van der Waals surface area contributed by atoms with Gasteiger partial charge in [-0.2, -0.15) is 0 Å². The standard InChI is InChI=1S/C11H9N3/c1-14-8-3-4-9-7(6-8)2-5-10(12)11(9)13/h2-6H,12-13H2. The van der Waals surface area contributed by atoms with E-state index in [0.29, 0.717) is 17.1 Å². The number of fused-ring (bicyclic) bond motifs is 1. The molecule has 0 spiro atoms. The van der Waals surface area contributed by atoms with Crippen molar-refractivity contribution in [2.24, 2.45) is 0 Å². The number of nitrogen functional groups attached to an aromatic ring is 2. The van der Waals surface area contributed by atoms with Crippen LogP contribution in [-0.4, -0.2) is 0 Å². The quantitative estimate of drug-likeness (QED) is 0.487. The molecule has 68 valence electrons. The number of hydrogen-bond acceptors (Lipinski definition) is 2. The highest BCUT2D eigenvalue weighted by Crippen LogP contribution is 2.29. The van der Waals surface area contributed by atoms with Crippen molar-refractivity contribution in [2.45, 2.75) is 0 Å². The molecule has 0 amide bonds. The highest BCUT2D eigenvalue weighted by atomic mass is 14.7. The Labute approximate surface area is 81.8 Å². The maximum Gasteiger partial charge on any atom is 0.187 e. The van der Waals surface area contributed by atoms with E-state index in [2.05, 4.69) is 4.85 Å². The first kappa shape index (κ1) is 8.39. The van der Waals surface area contributed by atoms with Crippen molar-refractivity contribution in [3.05, 3.63) is 41.7 Å². The average Bonchev–Trinajstić information content (AvgIpc) is 2.23. The van der Waals surface area contributed by atoms with E-state index in [-0.39, 0.29) is 0 Å². The molecule has 0 atom stereocenters. The third-order valence-electron chi connectivity index (χ3n) is 2.21. The van der Waals surface area contributed by atoms with Crippen molar-refractivity contribution in [1.29, 1.82) is 0 Å². The van der Waals surface area contributed by atoms with Gasteiger partial charge in [-0.25, -0.2) is 4.85 Å². The zero-order valence-corrected chi connectivity index (χ0v) is 7.49. The van der Waals surface area contributed by atoms with Gasteiger partial charge in [0.2, 0.25) is 0 Å². The lowest BCUT2D eigenvalue weighted by atomic mass is 10.1. The van der Waals surface area contributed by atoms with Gasteiger partial charge in [0.05, 0.1) is 17.9 Å². The summed E-state index contributed by atoms with van der Waals surface area (Å²) in [5.41, 5.74) is 13.3. The molecule has 0 aromatic heterocycles. The van der Waals surface area contributed by atoms with E-state index < -0.39 is 0 Å². The van der Waals surface area contributed by atoms with Gasteiger partial charge < -0.3 is 11.5 Å². The third kappa shape index (κ3) is 1.14. The summed E-state index contributed by atoms with van der Waals surface area (Å²) in [6.45, 7) is 6.88. The molecule has 0 saturated heterocycles. The van der Waals surface area contributed by atoms with Gasteiger partial charge in [-0.3, -0.25) is 0 Å². The first-order valence-corrected chi connectivity index (χ1v) is 4.17. The van der Waals surface area contributed by atoms with E-state index >= 15 is 0 Å². The van der Waals surface area contributed by atoms with Crippen molar-refractivity contribution in [1.82, 2.24) is 0 Å². The molecule has 3 heteroatoms. The van der Waals surface area contributed by atoms with Crippen LogP contribution in [0.4, 0.5) is 17.1 Å². The molecular formula is C11H9N3. The summed E-state index contributed by atoms with van der Waals surface area (Å²) in [6.07, 6.45) is 0. The second kappa shape index (κ2) is 2.93. The fraction of sp³-hybridized carbons (Fsp3) is 0. The minimum Gasteiger partial charge on any atom is -0.397 e. The molecule has 0 aliphatic rings. The van der Waals surface area contributed by atoms with E-state index in [1.165, 1.54) is 0 Å². The SMILES string of the molecule is [C-]#[N+]c1ccc2c(N)c(N)ccc2c1. The molecule has 0 fully saturated rings. The third-order valence-corrected chi connectivity index (χ3v) is 2.21. The molecule has 0 aliphatic carbocycles. The highest BCUT2D eigenvalue weighted by Gasteiger charge is 2.01. The molecule has 0 saturated carbocycles. The van der Waals surface area contributed by atoms with Gasteiger partial charge in [0, 0.05) is 5.39 Å². The second-order valence-electron chi connectivity index (χ2n) is 3.09. The molecule has 4 N–H and O–H groups in total. The Morgan fingerprint density at radius 1 is 1.07 bits per heavy atom. The van der Waals surface area contributed by atoms with E-state index in [1.54, 1.807) is 18.2 Å². The number of benzene rings is 2. The van der Waals surface area contributed by atoms with Gasteiger partial charge in [-0.05, 0) is 17.5 Å². The maximum atomic E-state index is 6.88. The lowest BCUT2D eigenvalue weighted by molar-refractivity contribution is 1.71. The van der Waals surface area contributed by atoms with Crippen LogP contribution in [0.25, 0.3) is 15.6 Å². The Balaban J connectivity index is 2.83. The van der Waals surface area contributed by atoms with E-state index in [9.17, 15) is 0 Å². The smallest absolute Gasteiger partial charge is 0.187 e. The maximum absolute atomic E-state index is 6.88. The van der Waals surface area contributed by atoms with Crippen molar-refractivity contribution in [3.8, 4) is 0 Å². The predicted octanol–water partition coefficient (Wildman–Crippen LogP) is 2.55. The Morgan fingerprint density at radius 3 is 2.57 bits per heavy atom. The number of rotatable bonds is 0. The number of nitrogens with two attached hydrogens (primary N) is 2. The van der Waals surface area contributed by atoms with Crippen molar-refractivity contribution < 1.29 is 0 Å². The summed E-state index contributed by atoms with van der Waals surface area (Å²) in [6, 6.07) is 9.00. The second-order valence-corrected chi connectivity index (χ2v) is 3.09. The van der Waals surface area contributed by atoms with Crippen molar-refractivity contribution in [3.63, 3.8) is 0 Å². The van der Waals surface area contributed by atoms with E-state index in [1.807, 2.05) is 12.1 Å². The zero-order valence-electron chi connectivity index (χ0n) is 7.49. The molecule has 0 aliphatic heterocycles. The largest absolute Gasteiger partial charge is 0.397 e. The molecule has 0 unspecified atom stereocenters. The zero-order chi connectivity index (χ0) is 10.1. The average molecular weight is 183 g/mol. The van der Waals surface area contributed by atoms with Crippen LogP contribution in [0, 0.1) is 6.57 Å². The summed E-state index contributed by atoms with van der Waals surface area (Å²) < 4.78 is 0. The van der Waals surface area contributed by atoms with E-state index in [4.69, 9.17) is 18.0 Å². The lowest BCUT2D eigenvalue weighted by Gasteiger charge is -2.05. The number of nitrogens with zero attached hydrogens (tertiary/aromatic N) is 1. The molecule has 0 heterocycles. The number of anilines is 2. The van der Waals surface area contributed by atoms with Gasteiger partial charge in [-0.1, -0.05) is 18.2 Å². The molecule has 3 nitrogen and oxygen atoms in total. The molecule has 2 aromatic carbocycles. The van der Waals surface area contributed by atoms with Gasteiger partial charge in [0.15, 0.2) is 5.69 Å². The summed E-state index contributed by atoms with van der Waals surface area (Å²) >= 11 is 0. The Bertz CT molecular complexity index is 538. The van der Waals surface area contributed by atoms with E-state index in [0.717, 1.165) is 10.8 Å². The summed E-state index contributed by atoms with van der Waals surface area (Å²) in [7, 11) is 0. The fourth-order valence-corrected chi connectivity index (χ4v) is 1.43. The van der Waals surface area contributed by atoms with Gasteiger partial charge in [-0.15, -0.1) is 0 Å². The summed E-state index contributed by atoms with van der Waals surface area (Å²) in [5.74, 6) is 0. The molecular weight excluding hydrogens is 174 g/mol. The monoisotopic (exact) mass is 183 g/mol. The van der Waals surface area contributed by atoms with Crippen LogP contribution < -0.4 is 11.5 Å². The summed E-state index contributed by atoms with van der Waals surface area (Å²) in [4.78, 5) is 3.35. The topological polar surface area (TPSA) is 56.4 Å². The van der Waals surface area contributed by atoms with Gasteiger partial charge in [0.25, 0.3) is 0 Å². The molecule has 2 aromatic rings. The molecule has 0 radical (unpaired) electrons. The Kier molecular flexibility index (Phi) is 1.76. The lowest BCUT2D eigenvalue weighted by Crippen LogP contribution is -1.94. The van der Waals surface area contributed by atoms with Crippen LogP contribution in [0.3, 0.4) is 0 Å². The van der Waals surface area contributed by atoms with Crippen LogP contribution >= 0.6 is 0 Å². The molecule has 2 rings (SSSR count). The normalized spacial score (nSPS) is 9.93. The van der Waals surface area contributed by atoms with Crippen LogP contribution in [-0.2, 0) is 0 Å². The minimum absolute atomic E-state index is 0.577. The van der Waals surface area contributed by atoms with Gasteiger partial charge >= 0.3 is 0 Å². The Hall–Kier alpha value is -2.21. The summed E-state index contributed by atoms with van der Waals surface area (Å²) in [5, 5.41) is 1.85. The van der Waals surface area contributed by atoms with Gasteiger partial charge in [0.1, 0.15) is 0 Å². The van der Waals surface area contributed by atoms with Crippen LogP contribution in [0.5, 0.6) is 0 Å². The fourth-order valence-electron chi connectivity index (χ4n) is 1.43. The number of hydrogen-bond donors (Lipinski definition) is 2.